The Morgan fingerprint density at radius 2 is 1.71 bits per heavy atom. The highest BCUT2D eigenvalue weighted by Crippen LogP contribution is 2.16. The van der Waals surface area contributed by atoms with Crippen LogP contribution in [0, 0.1) is 6.92 Å². The summed E-state index contributed by atoms with van der Waals surface area (Å²) < 4.78 is 32.0. The Hall–Kier alpha value is -2.60. The lowest BCUT2D eigenvalue weighted by molar-refractivity contribution is -0.136. The van der Waals surface area contributed by atoms with Gasteiger partial charge < -0.3 is 4.74 Å². The summed E-state index contributed by atoms with van der Waals surface area (Å²) >= 11 is 0. The Kier molecular flexibility index (Phi) is 5.76. The molecule has 0 spiro atoms. The summed E-state index contributed by atoms with van der Waals surface area (Å²) in [4.78, 5) is 12.2. The third kappa shape index (κ3) is 4.45. The van der Waals surface area contributed by atoms with Crippen LogP contribution in [-0.4, -0.2) is 21.0 Å². The summed E-state index contributed by atoms with van der Waals surface area (Å²) in [6, 6.07) is 15.2. The Morgan fingerprint density at radius 1 is 1.08 bits per heavy atom. The van der Waals surface area contributed by atoms with Gasteiger partial charge in [0, 0.05) is 6.20 Å². The van der Waals surface area contributed by atoms with Gasteiger partial charge in [0.2, 0.25) is 0 Å². The topological polar surface area (TPSA) is 72.5 Å². The Bertz CT molecular complexity index is 825. The number of ether oxygens (including phenoxy) is 1. The maximum atomic E-state index is 12.4. The summed E-state index contributed by atoms with van der Waals surface area (Å²) in [5.41, 5.74) is 1.68. The minimum atomic E-state index is -3.76. The number of hydrogen-bond donors (Lipinski definition) is 1. The van der Waals surface area contributed by atoms with Crippen LogP contribution < -0.4 is 4.72 Å². The Labute approximate surface area is 142 Å². The van der Waals surface area contributed by atoms with Crippen molar-refractivity contribution in [2.24, 2.45) is 0 Å². The number of sulfonamides is 1. The maximum absolute atomic E-state index is 12.4. The molecule has 6 heteroatoms. The van der Waals surface area contributed by atoms with E-state index in [2.05, 4.69) is 4.72 Å². The molecular weight excluding hydrogens is 326 g/mol. The smallest absolute Gasteiger partial charge is 0.340 e. The van der Waals surface area contributed by atoms with Crippen molar-refractivity contribution in [2.45, 2.75) is 18.7 Å². The van der Waals surface area contributed by atoms with Gasteiger partial charge >= 0.3 is 5.97 Å². The largest absolute Gasteiger partial charge is 0.462 e. The molecule has 2 aromatic rings. The molecule has 24 heavy (non-hydrogen) atoms. The van der Waals surface area contributed by atoms with Crippen molar-refractivity contribution in [3.63, 3.8) is 0 Å². The van der Waals surface area contributed by atoms with Crippen LogP contribution in [-0.2, 0) is 19.6 Å². The molecule has 0 bridgehead atoms. The Balaban J connectivity index is 2.33. The van der Waals surface area contributed by atoms with Gasteiger partial charge in [-0.05, 0) is 31.5 Å². The highest BCUT2D eigenvalue weighted by atomic mass is 32.2. The van der Waals surface area contributed by atoms with Crippen molar-refractivity contribution in [3.8, 4) is 0 Å². The second-order valence-corrected chi connectivity index (χ2v) is 6.79. The normalized spacial score (nSPS) is 11.8. The highest BCUT2D eigenvalue weighted by Gasteiger charge is 2.16. The third-order valence-corrected chi connectivity index (χ3v) is 4.59. The summed E-state index contributed by atoms with van der Waals surface area (Å²) in [6.45, 7) is 3.77. The van der Waals surface area contributed by atoms with Gasteiger partial charge in [-0.25, -0.2) is 13.2 Å². The van der Waals surface area contributed by atoms with Gasteiger partial charge in [0.05, 0.1) is 17.1 Å². The average molecular weight is 345 g/mol. The number of esters is 1. The van der Waals surface area contributed by atoms with E-state index in [-0.39, 0.29) is 17.1 Å². The molecular formula is C18H19NO4S. The third-order valence-electron chi connectivity index (χ3n) is 3.27. The molecule has 126 valence electrons. The second kappa shape index (κ2) is 7.79. The zero-order valence-electron chi connectivity index (χ0n) is 13.5. The number of hydrogen-bond acceptors (Lipinski definition) is 4. The van der Waals surface area contributed by atoms with Crippen LogP contribution in [0.5, 0.6) is 0 Å². The molecule has 0 heterocycles. The molecule has 0 saturated heterocycles. The van der Waals surface area contributed by atoms with Crippen molar-refractivity contribution in [1.29, 1.82) is 0 Å². The Morgan fingerprint density at radius 3 is 2.29 bits per heavy atom. The van der Waals surface area contributed by atoms with Gasteiger partial charge in [-0.3, -0.25) is 4.72 Å². The average Bonchev–Trinajstić information content (AvgIpc) is 2.56. The molecule has 0 unspecified atom stereocenters. The molecule has 0 saturated carbocycles. The van der Waals surface area contributed by atoms with Crippen LogP contribution in [0.15, 0.2) is 65.7 Å². The fourth-order valence-electron chi connectivity index (χ4n) is 2.01. The zero-order chi connectivity index (χ0) is 17.6. The van der Waals surface area contributed by atoms with E-state index < -0.39 is 16.0 Å². The van der Waals surface area contributed by atoms with Gasteiger partial charge in [0.1, 0.15) is 0 Å². The minimum absolute atomic E-state index is 0.126. The lowest BCUT2D eigenvalue weighted by Gasteiger charge is -2.09. The summed E-state index contributed by atoms with van der Waals surface area (Å²) in [5.74, 6) is -0.588. The highest BCUT2D eigenvalue weighted by molar-refractivity contribution is 7.89. The van der Waals surface area contributed by atoms with Crippen LogP contribution in [0.3, 0.4) is 0 Å². The van der Waals surface area contributed by atoms with E-state index in [9.17, 15) is 13.2 Å². The van der Waals surface area contributed by atoms with E-state index in [1.165, 1.54) is 18.3 Å². The lowest BCUT2D eigenvalue weighted by Crippen LogP contribution is -2.20. The first-order valence-corrected chi connectivity index (χ1v) is 8.94. The van der Waals surface area contributed by atoms with Crippen molar-refractivity contribution in [2.75, 3.05) is 6.61 Å². The SMILES string of the molecule is CCOC(=O)/C(=C\NS(=O)(=O)c1ccc(C)cc1)c1ccccc1. The van der Waals surface area contributed by atoms with Crippen LogP contribution in [0.25, 0.3) is 5.57 Å². The predicted molar refractivity (Wildman–Crippen MR) is 92.6 cm³/mol. The van der Waals surface area contributed by atoms with E-state index in [1.807, 2.05) is 13.0 Å². The molecule has 0 aliphatic carbocycles. The van der Waals surface area contributed by atoms with Gasteiger partial charge in [0.15, 0.2) is 0 Å². The minimum Gasteiger partial charge on any atom is -0.462 e. The van der Waals surface area contributed by atoms with E-state index in [4.69, 9.17) is 4.74 Å². The van der Waals surface area contributed by atoms with Crippen LogP contribution >= 0.6 is 0 Å². The molecule has 5 nitrogen and oxygen atoms in total. The number of nitrogens with one attached hydrogen (secondary N) is 1. The molecule has 0 fully saturated rings. The molecule has 0 atom stereocenters. The van der Waals surface area contributed by atoms with E-state index in [0.717, 1.165) is 5.56 Å². The molecule has 0 amide bonds. The molecule has 2 aromatic carbocycles. The fraction of sp³-hybridized carbons (Fsp3) is 0.167. The molecule has 0 aromatic heterocycles. The van der Waals surface area contributed by atoms with Crippen molar-refractivity contribution >= 4 is 21.6 Å². The number of carbonyl (C=O) groups is 1. The lowest BCUT2D eigenvalue weighted by atomic mass is 10.1. The molecule has 0 aliphatic rings. The summed E-state index contributed by atoms with van der Waals surface area (Å²) in [5, 5.41) is 0. The van der Waals surface area contributed by atoms with Crippen LogP contribution in [0.4, 0.5) is 0 Å². The summed E-state index contributed by atoms with van der Waals surface area (Å²) in [7, 11) is -3.76. The predicted octanol–water partition coefficient (Wildman–Crippen LogP) is 2.88. The fourth-order valence-corrected chi connectivity index (χ4v) is 2.91. The first-order chi connectivity index (χ1) is 11.4. The van der Waals surface area contributed by atoms with E-state index in [0.29, 0.717) is 5.56 Å². The molecule has 1 N–H and O–H groups in total. The van der Waals surface area contributed by atoms with Gasteiger partial charge in [-0.2, -0.15) is 0 Å². The molecule has 0 radical (unpaired) electrons. The van der Waals surface area contributed by atoms with Crippen molar-refractivity contribution in [1.82, 2.24) is 4.72 Å². The summed E-state index contributed by atoms with van der Waals surface area (Å²) in [6.07, 6.45) is 1.17. The first kappa shape index (κ1) is 17.7. The number of aryl methyl sites for hydroxylation is 1. The molecule has 0 aliphatic heterocycles. The first-order valence-electron chi connectivity index (χ1n) is 7.46. The van der Waals surface area contributed by atoms with Gasteiger partial charge in [0.25, 0.3) is 10.0 Å². The number of rotatable bonds is 6. The maximum Gasteiger partial charge on any atom is 0.340 e. The second-order valence-electron chi connectivity index (χ2n) is 5.08. The monoisotopic (exact) mass is 345 g/mol. The zero-order valence-corrected chi connectivity index (χ0v) is 14.3. The van der Waals surface area contributed by atoms with Gasteiger partial charge in [-0.15, -0.1) is 0 Å². The standard InChI is InChI=1S/C18H19NO4S/c1-3-23-18(20)17(15-7-5-4-6-8-15)13-19-24(21,22)16-11-9-14(2)10-12-16/h4-13,19H,3H2,1-2H3/b17-13-. The van der Waals surface area contributed by atoms with Gasteiger partial charge in [-0.1, -0.05) is 48.0 Å². The van der Waals surface area contributed by atoms with Crippen molar-refractivity contribution in [3.05, 3.63) is 71.9 Å². The number of benzene rings is 2. The quantitative estimate of drug-likeness (QED) is 0.645. The number of carbonyl (C=O) groups excluding carboxylic acids is 1. The van der Waals surface area contributed by atoms with Crippen LogP contribution in [0.2, 0.25) is 0 Å². The van der Waals surface area contributed by atoms with E-state index in [1.54, 1.807) is 43.3 Å². The van der Waals surface area contributed by atoms with Crippen LogP contribution in [0.1, 0.15) is 18.1 Å². The molecule has 2 rings (SSSR count). The van der Waals surface area contributed by atoms with E-state index >= 15 is 0 Å². The van der Waals surface area contributed by atoms with Crippen molar-refractivity contribution < 1.29 is 17.9 Å².